The van der Waals surface area contributed by atoms with Crippen molar-refractivity contribution in [2.24, 2.45) is 0 Å². The van der Waals surface area contributed by atoms with Crippen molar-refractivity contribution < 1.29 is 14.3 Å². The highest BCUT2D eigenvalue weighted by molar-refractivity contribution is 5.98. The zero-order valence-electron chi connectivity index (χ0n) is 16.5. The third-order valence-corrected chi connectivity index (χ3v) is 4.88. The third-order valence-electron chi connectivity index (χ3n) is 4.88. The van der Waals surface area contributed by atoms with Crippen molar-refractivity contribution in [3.05, 3.63) is 54.6 Å². The zero-order valence-corrected chi connectivity index (χ0v) is 16.5. The van der Waals surface area contributed by atoms with Crippen molar-refractivity contribution in [1.29, 1.82) is 0 Å². The molecule has 6 heteroatoms. The first-order valence-electron chi connectivity index (χ1n) is 9.68. The normalized spacial score (nSPS) is 13.9. The molecular formula is C22H27N3O3. The molecule has 2 aromatic rings. The van der Waals surface area contributed by atoms with Gasteiger partial charge in [0, 0.05) is 38.8 Å². The summed E-state index contributed by atoms with van der Waals surface area (Å²) in [4.78, 5) is 30.7. The second-order valence-electron chi connectivity index (χ2n) is 6.71. The number of piperazine rings is 1. The highest BCUT2D eigenvalue weighted by Gasteiger charge is 2.25. The molecule has 1 saturated heterocycles. The van der Waals surface area contributed by atoms with E-state index in [0.29, 0.717) is 31.1 Å². The number of ether oxygens (including phenoxy) is 1. The topological polar surface area (TPSA) is 53.1 Å². The molecule has 0 saturated carbocycles. The van der Waals surface area contributed by atoms with Crippen LogP contribution < -0.4 is 14.5 Å². The number of para-hydroxylation sites is 3. The molecule has 0 aromatic heterocycles. The van der Waals surface area contributed by atoms with Crippen molar-refractivity contribution in [3.8, 4) is 5.75 Å². The lowest BCUT2D eigenvalue weighted by Crippen LogP contribution is -2.51. The summed E-state index contributed by atoms with van der Waals surface area (Å²) in [6.07, 6.45) is 0. The first-order valence-corrected chi connectivity index (χ1v) is 9.68. The van der Waals surface area contributed by atoms with Gasteiger partial charge in [-0.05, 0) is 31.2 Å². The summed E-state index contributed by atoms with van der Waals surface area (Å²) in [6.45, 7) is 6.74. The van der Waals surface area contributed by atoms with Gasteiger partial charge in [-0.25, -0.2) is 0 Å². The monoisotopic (exact) mass is 381 g/mol. The predicted molar refractivity (Wildman–Crippen MR) is 111 cm³/mol. The van der Waals surface area contributed by atoms with Crippen molar-refractivity contribution in [1.82, 2.24) is 4.90 Å². The molecular weight excluding hydrogens is 354 g/mol. The SMILES string of the molecule is CCOc1ccccc1N(CC(=O)N1CCN(c2ccccc2)CC1)C(C)=O. The van der Waals surface area contributed by atoms with E-state index < -0.39 is 0 Å². The molecule has 1 fully saturated rings. The van der Waals surface area contributed by atoms with Crippen LogP contribution in [0.5, 0.6) is 5.75 Å². The van der Waals surface area contributed by atoms with Crippen LogP contribution in [0, 0.1) is 0 Å². The number of rotatable bonds is 6. The minimum absolute atomic E-state index is 0.0186. The Morgan fingerprint density at radius 2 is 1.61 bits per heavy atom. The summed E-state index contributed by atoms with van der Waals surface area (Å²) in [5.74, 6) is 0.388. The fraction of sp³-hybridized carbons (Fsp3) is 0.364. The minimum atomic E-state index is -0.177. The molecule has 3 rings (SSSR count). The fourth-order valence-electron chi connectivity index (χ4n) is 3.41. The number of benzene rings is 2. The van der Waals surface area contributed by atoms with E-state index in [0.717, 1.165) is 13.1 Å². The molecule has 28 heavy (non-hydrogen) atoms. The van der Waals surface area contributed by atoms with E-state index in [1.165, 1.54) is 17.5 Å². The molecule has 0 spiro atoms. The molecule has 1 aliphatic heterocycles. The Balaban J connectivity index is 1.65. The van der Waals surface area contributed by atoms with Crippen LogP contribution in [-0.4, -0.2) is 56.0 Å². The van der Waals surface area contributed by atoms with Gasteiger partial charge in [-0.1, -0.05) is 30.3 Å². The van der Waals surface area contributed by atoms with Crippen molar-refractivity contribution >= 4 is 23.2 Å². The van der Waals surface area contributed by atoms with E-state index in [9.17, 15) is 9.59 Å². The number of anilines is 2. The van der Waals surface area contributed by atoms with Crippen LogP contribution in [-0.2, 0) is 9.59 Å². The highest BCUT2D eigenvalue weighted by atomic mass is 16.5. The van der Waals surface area contributed by atoms with Crippen LogP contribution in [0.4, 0.5) is 11.4 Å². The maximum absolute atomic E-state index is 12.9. The molecule has 1 aliphatic rings. The predicted octanol–water partition coefficient (Wildman–Crippen LogP) is 2.79. The smallest absolute Gasteiger partial charge is 0.242 e. The van der Waals surface area contributed by atoms with E-state index in [2.05, 4.69) is 17.0 Å². The van der Waals surface area contributed by atoms with Crippen LogP contribution in [0.15, 0.2) is 54.6 Å². The number of amides is 2. The maximum Gasteiger partial charge on any atom is 0.242 e. The maximum atomic E-state index is 12.9. The first-order chi connectivity index (χ1) is 13.6. The lowest BCUT2D eigenvalue weighted by Gasteiger charge is -2.37. The van der Waals surface area contributed by atoms with Gasteiger partial charge in [0.25, 0.3) is 0 Å². The van der Waals surface area contributed by atoms with Crippen LogP contribution in [0.25, 0.3) is 0 Å². The minimum Gasteiger partial charge on any atom is -0.492 e. The van der Waals surface area contributed by atoms with Gasteiger partial charge in [0.2, 0.25) is 11.8 Å². The highest BCUT2D eigenvalue weighted by Crippen LogP contribution is 2.28. The molecule has 0 N–H and O–H groups in total. The van der Waals surface area contributed by atoms with Gasteiger partial charge in [0.1, 0.15) is 12.3 Å². The molecule has 0 aliphatic carbocycles. The van der Waals surface area contributed by atoms with E-state index >= 15 is 0 Å². The van der Waals surface area contributed by atoms with E-state index in [-0.39, 0.29) is 18.4 Å². The Bertz CT molecular complexity index is 802. The molecule has 0 radical (unpaired) electrons. The zero-order chi connectivity index (χ0) is 19.9. The van der Waals surface area contributed by atoms with Crippen LogP contribution >= 0.6 is 0 Å². The second-order valence-corrected chi connectivity index (χ2v) is 6.71. The van der Waals surface area contributed by atoms with E-state index in [1.807, 2.05) is 54.3 Å². The summed E-state index contributed by atoms with van der Waals surface area (Å²) in [5.41, 5.74) is 1.80. The lowest BCUT2D eigenvalue weighted by molar-refractivity contribution is -0.131. The van der Waals surface area contributed by atoms with Crippen LogP contribution in [0.2, 0.25) is 0 Å². The first kappa shape index (κ1) is 19.7. The number of carbonyl (C=O) groups is 2. The molecule has 2 aromatic carbocycles. The van der Waals surface area contributed by atoms with Crippen LogP contribution in [0.1, 0.15) is 13.8 Å². The van der Waals surface area contributed by atoms with Crippen LogP contribution in [0.3, 0.4) is 0 Å². The Kier molecular flexibility index (Phi) is 6.53. The number of hydrogen-bond acceptors (Lipinski definition) is 4. The second kappa shape index (κ2) is 9.26. The molecule has 1 heterocycles. The lowest BCUT2D eigenvalue weighted by atomic mass is 10.2. The van der Waals surface area contributed by atoms with Crippen molar-refractivity contribution in [3.63, 3.8) is 0 Å². The summed E-state index contributed by atoms with van der Waals surface area (Å²) in [6, 6.07) is 17.5. The summed E-state index contributed by atoms with van der Waals surface area (Å²) >= 11 is 0. The van der Waals surface area contributed by atoms with Gasteiger partial charge in [0.05, 0.1) is 12.3 Å². The van der Waals surface area contributed by atoms with Gasteiger partial charge >= 0.3 is 0 Å². The summed E-state index contributed by atoms with van der Waals surface area (Å²) < 4.78 is 5.63. The van der Waals surface area contributed by atoms with Gasteiger partial charge in [-0.3, -0.25) is 14.5 Å². The average molecular weight is 381 g/mol. The number of nitrogens with zero attached hydrogens (tertiary/aromatic N) is 3. The quantitative estimate of drug-likeness (QED) is 0.772. The summed E-state index contributed by atoms with van der Waals surface area (Å²) in [7, 11) is 0. The van der Waals surface area contributed by atoms with Crippen molar-refractivity contribution in [2.45, 2.75) is 13.8 Å². The van der Waals surface area contributed by atoms with E-state index in [4.69, 9.17) is 4.74 Å². The van der Waals surface area contributed by atoms with Gasteiger partial charge in [-0.2, -0.15) is 0 Å². The van der Waals surface area contributed by atoms with E-state index in [1.54, 1.807) is 0 Å². The number of carbonyl (C=O) groups excluding carboxylic acids is 2. The standard InChI is InChI=1S/C22H27N3O3/c1-3-28-21-12-8-7-11-20(21)25(18(2)26)17-22(27)24-15-13-23(14-16-24)19-9-5-4-6-10-19/h4-12H,3,13-17H2,1-2H3. The summed E-state index contributed by atoms with van der Waals surface area (Å²) in [5, 5.41) is 0. The van der Waals surface area contributed by atoms with Gasteiger partial charge in [0.15, 0.2) is 0 Å². The van der Waals surface area contributed by atoms with Gasteiger partial charge in [-0.15, -0.1) is 0 Å². The number of hydrogen-bond donors (Lipinski definition) is 0. The van der Waals surface area contributed by atoms with Crippen molar-refractivity contribution in [2.75, 3.05) is 49.1 Å². The average Bonchev–Trinajstić information content (AvgIpc) is 2.73. The fourth-order valence-corrected chi connectivity index (χ4v) is 3.41. The molecule has 0 atom stereocenters. The largest absolute Gasteiger partial charge is 0.492 e. The van der Waals surface area contributed by atoms with Gasteiger partial charge < -0.3 is 14.5 Å². The Labute approximate surface area is 166 Å². The Morgan fingerprint density at radius 1 is 0.964 bits per heavy atom. The molecule has 148 valence electrons. The molecule has 0 unspecified atom stereocenters. The Hall–Kier alpha value is -3.02. The molecule has 2 amide bonds. The molecule has 6 nitrogen and oxygen atoms in total. The Morgan fingerprint density at radius 3 is 2.25 bits per heavy atom. The molecule has 0 bridgehead atoms. The third kappa shape index (κ3) is 4.63.